The summed E-state index contributed by atoms with van der Waals surface area (Å²) in [4.78, 5) is 0. The highest BCUT2D eigenvalue weighted by Crippen LogP contribution is 2.29. The van der Waals surface area contributed by atoms with Gasteiger partial charge in [0.2, 0.25) is 0 Å². The maximum Gasteiger partial charge on any atom is 0.123 e. The van der Waals surface area contributed by atoms with Crippen LogP contribution < -0.4 is 5.32 Å². The third kappa shape index (κ3) is 4.15. The lowest BCUT2D eigenvalue weighted by molar-refractivity contribution is 0.494. The molecule has 0 unspecified atom stereocenters. The van der Waals surface area contributed by atoms with Crippen LogP contribution in [0.2, 0.25) is 5.02 Å². The normalized spacial score (nSPS) is 11.8. The standard InChI is InChI=1S/C14H21ClFNS/c1-4-14(5-2,18-3)10-17-9-11-8-12(16)6-7-13(11)15/h6-8,17H,4-5,9-10H2,1-3H3. The molecule has 0 aromatic heterocycles. The predicted molar refractivity (Wildman–Crippen MR) is 79.9 cm³/mol. The third-order valence-corrected chi connectivity index (χ3v) is 5.45. The molecule has 1 rings (SSSR count). The Balaban J connectivity index is 2.57. The van der Waals surface area contributed by atoms with Crippen LogP contribution in [0.4, 0.5) is 4.39 Å². The van der Waals surface area contributed by atoms with Crippen molar-refractivity contribution in [1.82, 2.24) is 5.32 Å². The van der Waals surface area contributed by atoms with E-state index in [4.69, 9.17) is 11.6 Å². The van der Waals surface area contributed by atoms with E-state index in [0.717, 1.165) is 24.9 Å². The van der Waals surface area contributed by atoms with E-state index in [0.29, 0.717) is 11.6 Å². The fourth-order valence-corrected chi connectivity index (χ4v) is 2.97. The molecule has 0 bridgehead atoms. The highest BCUT2D eigenvalue weighted by Gasteiger charge is 2.24. The number of hydrogen-bond acceptors (Lipinski definition) is 2. The molecule has 0 saturated carbocycles. The zero-order chi connectivity index (χ0) is 13.6. The second kappa shape index (κ2) is 7.37. The fourth-order valence-electron chi connectivity index (χ4n) is 1.96. The van der Waals surface area contributed by atoms with Crippen LogP contribution in [0, 0.1) is 5.82 Å². The monoisotopic (exact) mass is 289 g/mol. The third-order valence-electron chi connectivity index (χ3n) is 3.49. The molecule has 0 atom stereocenters. The molecule has 0 aliphatic carbocycles. The van der Waals surface area contributed by atoms with Gasteiger partial charge in [0.25, 0.3) is 0 Å². The van der Waals surface area contributed by atoms with Gasteiger partial charge in [-0.1, -0.05) is 25.4 Å². The van der Waals surface area contributed by atoms with Gasteiger partial charge in [0.05, 0.1) is 0 Å². The molecule has 0 spiro atoms. The van der Waals surface area contributed by atoms with Crippen LogP contribution in [-0.4, -0.2) is 17.5 Å². The van der Waals surface area contributed by atoms with Crippen molar-refractivity contribution in [1.29, 1.82) is 0 Å². The minimum atomic E-state index is -0.238. The summed E-state index contributed by atoms with van der Waals surface area (Å²) in [5, 5.41) is 4.01. The summed E-state index contributed by atoms with van der Waals surface area (Å²) in [5.74, 6) is -0.238. The van der Waals surface area contributed by atoms with Crippen LogP contribution in [-0.2, 0) is 6.54 Å². The van der Waals surface area contributed by atoms with Crippen molar-refractivity contribution in [3.8, 4) is 0 Å². The van der Waals surface area contributed by atoms with Gasteiger partial charge in [-0.3, -0.25) is 0 Å². The van der Waals surface area contributed by atoms with Crippen molar-refractivity contribution in [2.45, 2.75) is 38.0 Å². The Bertz CT molecular complexity index is 372. The van der Waals surface area contributed by atoms with Crippen LogP contribution in [0.3, 0.4) is 0 Å². The fraction of sp³-hybridized carbons (Fsp3) is 0.571. The molecule has 1 aromatic rings. The summed E-state index contributed by atoms with van der Waals surface area (Å²) < 4.78 is 13.4. The van der Waals surface area contributed by atoms with Crippen molar-refractivity contribution in [3.63, 3.8) is 0 Å². The molecule has 0 amide bonds. The Hall–Kier alpha value is -0.250. The molecule has 4 heteroatoms. The van der Waals surface area contributed by atoms with Gasteiger partial charge in [-0.15, -0.1) is 0 Å². The molecule has 1 N–H and O–H groups in total. The zero-order valence-electron chi connectivity index (χ0n) is 11.2. The lowest BCUT2D eigenvalue weighted by Gasteiger charge is -2.30. The van der Waals surface area contributed by atoms with E-state index >= 15 is 0 Å². The maximum absolute atomic E-state index is 13.1. The first-order valence-electron chi connectivity index (χ1n) is 6.26. The number of benzene rings is 1. The molecule has 18 heavy (non-hydrogen) atoms. The van der Waals surface area contributed by atoms with E-state index in [2.05, 4.69) is 25.4 Å². The van der Waals surface area contributed by atoms with E-state index in [1.807, 2.05) is 11.8 Å². The first-order chi connectivity index (χ1) is 8.56. The minimum absolute atomic E-state index is 0.238. The van der Waals surface area contributed by atoms with Crippen molar-refractivity contribution >= 4 is 23.4 Å². The van der Waals surface area contributed by atoms with E-state index in [1.165, 1.54) is 12.1 Å². The smallest absolute Gasteiger partial charge is 0.123 e. The second-order valence-electron chi connectivity index (χ2n) is 4.43. The topological polar surface area (TPSA) is 12.0 Å². The average Bonchev–Trinajstić information content (AvgIpc) is 2.39. The van der Waals surface area contributed by atoms with E-state index in [9.17, 15) is 4.39 Å². The van der Waals surface area contributed by atoms with Crippen LogP contribution in [0.1, 0.15) is 32.3 Å². The molecule has 1 aromatic carbocycles. The molecule has 0 aliphatic rings. The van der Waals surface area contributed by atoms with Crippen molar-refractivity contribution in [2.75, 3.05) is 12.8 Å². The summed E-state index contributed by atoms with van der Waals surface area (Å²) in [6.07, 6.45) is 4.38. The maximum atomic E-state index is 13.1. The lowest BCUT2D eigenvalue weighted by atomic mass is 10.0. The lowest BCUT2D eigenvalue weighted by Crippen LogP contribution is -2.36. The largest absolute Gasteiger partial charge is 0.311 e. The molecule has 102 valence electrons. The number of nitrogens with one attached hydrogen (secondary N) is 1. The summed E-state index contributed by atoms with van der Waals surface area (Å²) in [6, 6.07) is 4.49. The minimum Gasteiger partial charge on any atom is -0.311 e. The molecule has 0 aliphatic heterocycles. The van der Waals surface area contributed by atoms with Gasteiger partial charge in [-0.2, -0.15) is 11.8 Å². The van der Waals surface area contributed by atoms with Gasteiger partial charge >= 0.3 is 0 Å². The first kappa shape index (κ1) is 15.8. The van der Waals surface area contributed by atoms with Gasteiger partial charge in [-0.25, -0.2) is 4.39 Å². The number of rotatable bonds is 7. The predicted octanol–water partition coefficient (Wildman–Crippen LogP) is 4.49. The summed E-state index contributed by atoms with van der Waals surface area (Å²) in [6.45, 7) is 5.93. The summed E-state index contributed by atoms with van der Waals surface area (Å²) in [5.41, 5.74) is 0.818. The molecular weight excluding hydrogens is 269 g/mol. The van der Waals surface area contributed by atoms with Crippen LogP contribution >= 0.6 is 23.4 Å². The SMILES string of the molecule is CCC(CC)(CNCc1cc(F)ccc1Cl)SC. The van der Waals surface area contributed by atoms with Gasteiger partial charge < -0.3 is 5.32 Å². The molecular formula is C14H21ClFNS. The van der Waals surface area contributed by atoms with Crippen molar-refractivity contribution in [3.05, 3.63) is 34.6 Å². The van der Waals surface area contributed by atoms with Crippen LogP contribution in [0.25, 0.3) is 0 Å². The Morgan fingerprint density at radius 1 is 1.33 bits per heavy atom. The van der Waals surface area contributed by atoms with Crippen LogP contribution in [0.15, 0.2) is 18.2 Å². The summed E-state index contributed by atoms with van der Waals surface area (Å²) >= 11 is 7.93. The molecule has 0 heterocycles. The van der Waals surface area contributed by atoms with Crippen molar-refractivity contribution < 1.29 is 4.39 Å². The van der Waals surface area contributed by atoms with E-state index in [1.54, 1.807) is 6.07 Å². The Labute approximate surface area is 118 Å². The molecule has 0 fully saturated rings. The van der Waals surface area contributed by atoms with Gasteiger partial charge in [-0.05, 0) is 42.9 Å². The number of halogens is 2. The average molecular weight is 290 g/mol. The van der Waals surface area contributed by atoms with E-state index in [-0.39, 0.29) is 10.6 Å². The molecule has 1 nitrogen and oxygen atoms in total. The number of hydrogen-bond donors (Lipinski definition) is 1. The van der Waals surface area contributed by atoms with Gasteiger partial charge in [0.1, 0.15) is 5.82 Å². The molecule has 0 saturated heterocycles. The Morgan fingerprint density at radius 2 is 2.00 bits per heavy atom. The van der Waals surface area contributed by atoms with Gasteiger partial charge in [0.15, 0.2) is 0 Å². The highest BCUT2D eigenvalue weighted by atomic mass is 35.5. The second-order valence-corrected chi connectivity index (χ2v) is 6.12. The molecule has 0 radical (unpaired) electrons. The van der Waals surface area contributed by atoms with Crippen molar-refractivity contribution in [2.24, 2.45) is 0 Å². The zero-order valence-corrected chi connectivity index (χ0v) is 12.8. The Kier molecular flexibility index (Phi) is 6.47. The van der Waals surface area contributed by atoms with E-state index < -0.39 is 0 Å². The highest BCUT2D eigenvalue weighted by molar-refractivity contribution is 8.00. The number of thioether (sulfide) groups is 1. The quantitative estimate of drug-likeness (QED) is 0.794. The summed E-state index contributed by atoms with van der Waals surface area (Å²) in [7, 11) is 0. The van der Waals surface area contributed by atoms with Crippen LogP contribution in [0.5, 0.6) is 0 Å². The Morgan fingerprint density at radius 3 is 2.56 bits per heavy atom. The first-order valence-corrected chi connectivity index (χ1v) is 7.87. The van der Waals surface area contributed by atoms with Gasteiger partial charge in [0, 0.05) is 22.9 Å².